The molecule has 7 heteroatoms. The molecule has 0 unspecified atom stereocenters. The summed E-state index contributed by atoms with van der Waals surface area (Å²) in [4.78, 5) is 11.7. The van der Waals surface area contributed by atoms with Gasteiger partial charge < -0.3 is 4.74 Å². The molecule has 3 N–H and O–H groups in total. The fourth-order valence-electron chi connectivity index (χ4n) is 1.90. The number of nitrogens with zero attached hydrogens (tertiary/aromatic N) is 3. The van der Waals surface area contributed by atoms with E-state index in [1.165, 1.54) is 4.68 Å². The Labute approximate surface area is 121 Å². The first kappa shape index (κ1) is 14.6. The van der Waals surface area contributed by atoms with E-state index in [0.29, 0.717) is 17.9 Å². The number of carbonyl (C=O) groups is 1. The number of nitrogens with one attached hydrogen (secondary N) is 1. The van der Waals surface area contributed by atoms with Gasteiger partial charge in [0, 0.05) is 5.56 Å². The Morgan fingerprint density at radius 3 is 2.76 bits per heavy atom. The molecular formula is C14H15N5O2. The van der Waals surface area contributed by atoms with Gasteiger partial charge in [-0.3, -0.25) is 14.9 Å². The number of nitriles is 1. The van der Waals surface area contributed by atoms with Crippen LogP contribution in [0.4, 0.5) is 0 Å². The summed E-state index contributed by atoms with van der Waals surface area (Å²) in [5.41, 5.74) is 3.88. The molecule has 1 heterocycles. The van der Waals surface area contributed by atoms with E-state index in [1.807, 2.05) is 30.3 Å². The minimum Gasteiger partial charge on any atom is -0.497 e. The first-order chi connectivity index (χ1) is 10.2. The van der Waals surface area contributed by atoms with Gasteiger partial charge in [-0.25, -0.2) is 5.84 Å². The summed E-state index contributed by atoms with van der Waals surface area (Å²) in [5, 5.41) is 13.0. The zero-order valence-electron chi connectivity index (χ0n) is 11.5. The number of hydrogen-bond acceptors (Lipinski definition) is 5. The number of carbonyl (C=O) groups excluding carboxylic acids is 1. The first-order valence-corrected chi connectivity index (χ1v) is 6.29. The average Bonchev–Trinajstić information content (AvgIpc) is 2.96. The molecule has 0 saturated heterocycles. The van der Waals surface area contributed by atoms with Crippen LogP contribution in [-0.2, 0) is 6.54 Å². The lowest BCUT2D eigenvalue weighted by Gasteiger charge is -2.02. The maximum atomic E-state index is 11.7. The van der Waals surface area contributed by atoms with E-state index in [9.17, 15) is 4.79 Å². The zero-order chi connectivity index (χ0) is 15.2. The second-order valence-corrected chi connectivity index (χ2v) is 4.25. The van der Waals surface area contributed by atoms with Gasteiger partial charge in [0.1, 0.15) is 11.4 Å². The molecule has 0 saturated carbocycles. The van der Waals surface area contributed by atoms with Crippen molar-refractivity contribution in [1.82, 2.24) is 15.2 Å². The lowest BCUT2D eigenvalue weighted by molar-refractivity contribution is 0.0942. The van der Waals surface area contributed by atoms with E-state index < -0.39 is 5.91 Å². The molecular weight excluding hydrogens is 270 g/mol. The molecule has 0 aliphatic heterocycles. The Bertz CT molecular complexity index is 670. The van der Waals surface area contributed by atoms with Crippen LogP contribution in [0.1, 0.15) is 16.9 Å². The largest absolute Gasteiger partial charge is 0.497 e. The molecule has 1 aromatic heterocycles. The van der Waals surface area contributed by atoms with Crippen molar-refractivity contribution in [2.24, 2.45) is 5.84 Å². The third-order valence-corrected chi connectivity index (χ3v) is 2.96. The number of methoxy groups -OCH3 is 1. The first-order valence-electron chi connectivity index (χ1n) is 6.29. The molecule has 0 aliphatic rings. The van der Waals surface area contributed by atoms with Crippen LogP contribution in [-0.4, -0.2) is 22.8 Å². The molecule has 0 spiro atoms. The Balaban J connectivity index is 2.37. The maximum Gasteiger partial charge on any atom is 0.283 e. The van der Waals surface area contributed by atoms with Crippen molar-refractivity contribution in [1.29, 1.82) is 5.26 Å². The third-order valence-electron chi connectivity index (χ3n) is 2.96. The third kappa shape index (κ3) is 3.19. The number of benzene rings is 1. The summed E-state index contributed by atoms with van der Waals surface area (Å²) >= 11 is 0. The quantitative estimate of drug-likeness (QED) is 0.485. The van der Waals surface area contributed by atoms with Crippen molar-refractivity contribution < 1.29 is 9.53 Å². The Morgan fingerprint density at radius 1 is 1.48 bits per heavy atom. The molecule has 0 fully saturated rings. The van der Waals surface area contributed by atoms with E-state index in [2.05, 4.69) is 10.5 Å². The fourth-order valence-corrected chi connectivity index (χ4v) is 1.90. The molecule has 1 amide bonds. The van der Waals surface area contributed by atoms with Gasteiger partial charge in [-0.2, -0.15) is 10.4 Å². The topological polar surface area (TPSA) is 106 Å². The van der Waals surface area contributed by atoms with E-state index in [0.717, 1.165) is 11.3 Å². The number of hydrogen-bond donors (Lipinski definition) is 2. The summed E-state index contributed by atoms with van der Waals surface area (Å²) in [6, 6.07) is 11.0. The van der Waals surface area contributed by atoms with Gasteiger partial charge in [-0.1, -0.05) is 0 Å². The number of hydrazine groups is 1. The molecule has 0 aliphatic carbocycles. The monoisotopic (exact) mass is 285 g/mol. The van der Waals surface area contributed by atoms with Crippen molar-refractivity contribution in [3.8, 4) is 23.1 Å². The molecule has 108 valence electrons. The molecule has 0 radical (unpaired) electrons. The van der Waals surface area contributed by atoms with Gasteiger partial charge in [0.05, 0.1) is 31.8 Å². The van der Waals surface area contributed by atoms with Gasteiger partial charge in [-0.15, -0.1) is 0 Å². The molecule has 2 aromatic rings. The van der Waals surface area contributed by atoms with Gasteiger partial charge in [0.15, 0.2) is 0 Å². The van der Waals surface area contributed by atoms with Crippen LogP contribution >= 0.6 is 0 Å². The SMILES string of the molecule is COc1ccc(-c2cc(C(=O)NN)n(CCC#N)n2)cc1. The van der Waals surface area contributed by atoms with E-state index >= 15 is 0 Å². The highest BCUT2D eigenvalue weighted by Crippen LogP contribution is 2.22. The predicted molar refractivity (Wildman–Crippen MR) is 76.1 cm³/mol. The van der Waals surface area contributed by atoms with Crippen LogP contribution in [0.25, 0.3) is 11.3 Å². The molecule has 0 atom stereocenters. The van der Waals surface area contributed by atoms with E-state index in [1.54, 1.807) is 13.2 Å². The molecule has 1 aromatic carbocycles. The number of nitrogen functional groups attached to an aromatic ring is 1. The highest BCUT2D eigenvalue weighted by atomic mass is 16.5. The van der Waals surface area contributed by atoms with Crippen LogP contribution in [0.2, 0.25) is 0 Å². The Hall–Kier alpha value is -2.85. The number of nitrogens with two attached hydrogens (primary N) is 1. The average molecular weight is 285 g/mol. The summed E-state index contributed by atoms with van der Waals surface area (Å²) in [6.45, 7) is 0.329. The molecule has 0 bridgehead atoms. The number of ether oxygens (including phenoxy) is 1. The number of aromatic nitrogens is 2. The predicted octanol–water partition coefficient (Wildman–Crippen LogP) is 1.08. The highest BCUT2D eigenvalue weighted by Gasteiger charge is 2.15. The molecule has 21 heavy (non-hydrogen) atoms. The van der Waals surface area contributed by atoms with Crippen LogP contribution in [0.3, 0.4) is 0 Å². The van der Waals surface area contributed by atoms with Crippen molar-refractivity contribution >= 4 is 5.91 Å². The highest BCUT2D eigenvalue weighted by molar-refractivity contribution is 5.93. The van der Waals surface area contributed by atoms with E-state index in [4.69, 9.17) is 15.8 Å². The number of rotatable bonds is 5. The maximum absolute atomic E-state index is 11.7. The second kappa shape index (κ2) is 6.54. The molecule has 7 nitrogen and oxygen atoms in total. The van der Waals surface area contributed by atoms with E-state index in [-0.39, 0.29) is 6.42 Å². The van der Waals surface area contributed by atoms with Crippen LogP contribution in [0.15, 0.2) is 30.3 Å². The summed E-state index contributed by atoms with van der Waals surface area (Å²) in [5.74, 6) is 5.46. The van der Waals surface area contributed by atoms with Gasteiger partial charge in [0.25, 0.3) is 5.91 Å². The van der Waals surface area contributed by atoms with Gasteiger partial charge >= 0.3 is 0 Å². The van der Waals surface area contributed by atoms with Gasteiger partial charge in [-0.05, 0) is 30.3 Å². The van der Waals surface area contributed by atoms with Gasteiger partial charge in [0.2, 0.25) is 0 Å². The minimum absolute atomic E-state index is 0.259. The molecule has 2 rings (SSSR count). The fraction of sp³-hybridized carbons (Fsp3) is 0.214. The summed E-state index contributed by atoms with van der Waals surface area (Å²) in [6.07, 6.45) is 0.259. The minimum atomic E-state index is -0.444. The Kier molecular flexibility index (Phi) is 4.53. The van der Waals surface area contributed by atoms with Crippen molar-refractivity contribution in [3.05, 3.63) is 36.0 Å². The normalized spacial score (nSPS) is 9.95. The number of aryl methyl sites for hydroxylation is 1. The van der Waals surface area contributed by atoms with Crippen molar-refractivity contribution in [2.75, 3.05) is 7.11 Å². The standard InChI is InChI=1S/C14H15N5O2/c1-21-11-5-3-10(4-6-11)12-9-13(14(20)17-16)19(18-12)8-2-7-15/h3-6,9H,2,8,16H2,1H3,(H,17,20). The second-order valence-electron chi connectivity index (χ2n) is 4.25. The smallest absolute Gasteiger partial charge is 0.283 e. The zero-order valence-corrected chi connectivity index (χ0v) is 11.5. The van der Waals surface area contributed by atoms with Crippen molar-refractivity contribution in [3.63, 3.8) is 0 Å². The van der Waals surface area contributed by atoms with Crippen LogP contribution < -0.4 is 16.0 Å². The van der Waals surface area contributed by atoms with Crippen LogP contribution in [0.5, 0.6) is 5.75 Å². The van der Waals surface area contributed by atoms with Crippen LogP contribution in [0, 0.1) is 11.3 Å². The lowest BCUT2D eigenvalue weighted by Crippen LogP contribution is -2.32. The lowest BCUT2D eigenvalue weighted by atomic mass is 10.1. The van der Waals surface area contributed by atoms with Crippen molar-refractivity contribution in [2.45, 2.75) is 13.0 Å². The summed E-state index contributed by atoms with van der Waals surface area (Å²) < 4.78 is 6.58. The number of amides is 1. The summed E-state index contributed by atoms with van der Waals surface area (Å²) in [7, 11) is 1.59. The Morgan fingerprint density at radius 2 is 2.19 bits per heavy atom.